The van der Waals surface area contributed by atoms with Gasteiger partial charge in [0.15, 0.2) is 0 Å². The van der Waals surface area contributed by atoms with Gasteiger partial charge in [0.1, 0.15) is 11.6 Å². The molecular weight excluding hydrogens is 274 g/mol. The summed E-state index contributed by atoms with van der Waals surface area (Å²) in [4.78, 5) is 16.1. The summed E-state index contributed by atoms with van der Waals surface area (Å²) < 4.78 is 2.08. The number of Topliss-reactive ketones (excluding diaryl/α,β-unsaturated/α-hetero) is 1. The van der Waals surface area contributed by atoms with Crippen molar-refractivity contribution in [3.05, 3.63) is 60.4 Å². The summed E-state index contributed by atoms with van der Waals surface area (Å²) in [5.41, 5.74) is 2.26. The van der Waals surface area contributed by atoms with Gasteiger partial charge in [-0.25, -0.2) is 4.98 Å². The predicted octanol–water partition coefficient (Wildman–Crippen LogP) is 2.75. The number of benzene rings is 1. The van der Waals surface area contributed by atoms with Gasteiger partial charge in [0.05, 0.1) is 11.6 Å². The second-order valence-corrected chi connectivity index (χ2v) is 5.39. The molecule has 2 aromatic heterocycles. The zero-order chi connectivity index (χ0) is 15.5. The Balaban J connectivity index is 2.10. The molecule has 0 spiro atoms. The average molecular weight is 293 g/mol. The smallest absolute Gasteiger partial charge is 0.147 e. The third-order valence-electron chi connectivity index (χ3n) is 3.95. The van der Waals surface area contributed by atoms with Gasteiger partial charge in [-0.1, -0.05) is 24.3 Å². The fourth-order valence-electron chi connectivity index (χ4n) is 2.77. The Bertz CT molecular complexity index is 792. The minimum atomic E-state index is -0.164. The third-order valence-corrected chi connectivity index (χ3v) is 3.95. The maximum absolute atomic E-state index is 11.7. The number of likely N-dealkylation sites (N-methyl/N-ethyl adjacent to an activating group) is 1. The second kappa shape index (κ2) is 6.12. The molecule has 3 rings (SSSR count). The van der Waals surface area contributed by atoms with E-state index in [1.54, 1.807) is 13.1 Å². The largest absolute Gasteiger partial charge is 0.310 e. The zero-order valence-electron chi connectivity index (χ0n) is 12.8. The average Bonchev–Trinajstić information content (AvgIpc) is 2.92. The molecule has 112 valence electrons. The van der Waals surface area contributed by atoms with Gasteiger partial charge < -0.3 is 9.88 Å². The number of aromatic nitrogens is 2. The van der Waals surface area contributed by atoms with Crippen LogP contribution in [0.4, 0.5) is 0 Å². The number of nitrogens with one attached hydrogen (secondary N) is 1. The topological polar surface area (TPSA) is 46.9 Å². The minimum absolute atomic E-state index is 0.150. The van der Waals surface area contributed by atoms with Crippen molar-refractivity contribution in [2.24, 2.45) is 0 Å². The van der Waals surface area contributed by atoms with Crippen LogP contribution in [0.25, 0.3) is 16.7 Å². The highest BCUT2D eigenvalue weighted by atomic mass is 16.1. The van der Waals surface area contributed by atoms with Gasteiger partial charge in [-0.05, 0) is 44.2 Å². The quantitative estimate of drug-likeness (QED) is 0.787. The highest BCUT2D eigenvalue weighted by Crippen LogP contribution is 2.25. The van der Waals surface area contributed by atoms with Crippen LogP contribution in [0.5, 0.6) is 0 Å². The van der Waals surface area contributed by atoms with E-state index in [0.29, 0.717) is 6.42 Å². The van der Waals surface area contributed by atoms with Crippen LogP contribution in [0.3, 0.4) is 0 Å². The summed E-state index contributed by atoms with van der Waals surface area (Å²) in [7, 11) is 1.82. The fraction of sp³-hybridized carbons (Fsp3) is 0.222. The number of ketones is 1. The van der Waals surface area contributed by atoms with Crippen molar-refractivity contribution in [1.29, 1.82) is 0 Å². The van der Waals surface area contributed by atoms with E-state index < -0.39 is 0 Å². The van der Waals surface area contributed by atoms with Crippen molar-refractivity contribution in [2.45, 2.75) is 19.4 Å². The van der Waals surface area contributed by atoms with Gasteiger partial charge in [-0.15, -0.1) is 0 Å². The Morgan fingerprint density at radius 3 is 2.68 bits per heavy atom. The zero-order valence-corrected chi connectivity index (χ0v) is 12.8. The number of rotatable bonds is 5. The third kappa shape index (κ3) is 2.65. The minimum Gasteiger partial charge on any atom is -0.310 e. The van der Waals surface area contributed by atoms with Crippen LogP contribution in [-0.4, -0.2) is 28.4 Å². The van der Waals surface area contributed by atoms with E-state index in [4.69, 9.17) is 0 Å². The molecule has 0 aliphatic heterocycles. The van der Waals surface area contributed by atoms with Crippen LogP contribution in [-0.2, 0) is 11.2 Å². The molecule has 1 N–H and O–H groups in total. The van der Waals surface area contributed by atoms with Crippen LogP contribution in [0.2, 0.25) is 0 Å². The van der Waals surface area contributed by atoms with E-state index in [0.717, 1.165) is 22.3 Å². The normalized spacial score (nSPS) is 12.5. The molecule has 0 radical (unpaired) electrons. The molecule has 0 saturated heterocycles. The van der Waals surface area contributed by atoms with Crippen LogP contribution in [0.1, 0.15) is 12.5 Å². The van der Waals surface area contributed by atoms with Crippen LogP contribution >= 0.6 is 0 Å². The van der Waals surface area contributed by atoms with Gasteiger partial charge in [0.2, 0.25) is 0 Å². The lowest BCUT2D eigenvalue weighted by atomic mass is 10.0. The van der Waals surface area contributed by atoms with Gasteiger partial charge >= 0.3 is 0 Å². The van der Waals surface area contributed by atoms with Gasteiger partial charge in [-0.2, -0.15) is 0 Å². The first kappa shape index (κ1) is 14.5. The highest BCUT2D eigenvalue weighted by molar-refractivity contribution is 5.87. The van der Waals surface area contributed by atoms with Crippen molar-refractivity contribution in [3.63, 3.8) is 0 Å². The first-order valence-corrected chi connectivity index (χ1v) is 7.39. The lowest BCUT2D eigenvalue weighted by Gasteiger charge is -2.11. The molecular formula is C18H19N3O. The molecule has 22 heavy (non-hydrogen) atoms. The van der Waals surface area contributed by atoms with E-state index in [-0.39, 0.29) is 11.8 Å². The van der Waals surface area contributed by atoms with E-state index >= 15 is 0 Å². The Hall–Kier alpha value is -2.46. The number of fused-ring (bicyclic) bond motifs is 1. The lowest BCUT2D eigenvalue weighted by molar-refractivity contribution is -0.118. The van der Waals surface area contributed by atoms with Crippen LogP contribution in [0, 0.1) is 0 Å². The molecule has 3 aromatic rings. The SMILES string of the molecule is CN[C@@H](Cc1cn(-c2ccccn2)c2ccccc12)C(C)=O. The number of hydrogen-bond acceptors (Lipinski definition) is 3. The highest BCUT2D eigenvalue weighted by Gasteiger charge is 2.17. The summed E-state index contributed by atoms with van der Waals surface area (Å²) in [6.45, 7) is 1.62. The Labute approximate surface area is 129 Å². The van der Waals surface area contributed by atoms with E-state index in [1.807, 2.05) is 37.4 Å². The molecule has 0 bridgehead atoms. The first-order chi connectivity index (χ1) is 10.7. The Morgan fingerprint density at radius 2 is 2.00 bits per heavy atom. The number of hydrogen-bond donors (Lipinski definition) is 1. The van der Waals surface area contributed by atoms with Crippen molar-refractivity contribution in [1.82, 2.24) is 14.9 Å². The second-order valence-electron chi connectivity index (χ2n) is 5.39. The van der Waals surface area contributed by atoms with Gasteiger partial charge in [0, 0.05) is 17.8 Å². The molecule has 0 saturated carbocycles. The molecule has 0 unspecified atom stereocenters. The first-order valence-electron chi connectivity index (χ1n) is 7.39. The summed E-state index contributed by atoms with van der Waals surface area (Å²) in [6, 6.07) is 13.9. The molecule has 1 atom stereocenters. The summed E-state index contributed by atoms with van der Waals surface area (Å²) in [5, 5.41) is 4.25. The van der Waals surface area contributed by atoms with Crippen molar-refractivity contribution in [2.75, 3.05) is 7.05 Å². The summed E-state index contributed by atoms with van der Waals surface area (Å²) in [5.74, 6) is 1.03. The fourth-order valence-corrected chi connectivity index (χ4v) is 2.77. The number of carbonyl (C=O) groups is 1. The molecule has 4 heteroatoms. The molecule has 1 aromatic carbocycles. The number of para-hydroxylation sites is 1. The van der Waals surface area contributed by atoms with Crippen molar-refractivity contribution in [3.8, 4) is 5.82 Å². The molecule has 2 heterocycles. The Morgan fingerprint density at radius 1 is 1.23 bits per heavy atom. The number of pyridine rings is 1. The summed E-state index contributed by atoms with van der Waals surface area (Å²) in [6.07, 6.45) is 4.54. The van der Waals surface area contributed by atoms with Gasteiger partial charge in [-0.3, -0.25) is 4.79 Å². The van der Waals surface area contributed by atoms with E-state index in [2.05, 4.69) is 33.2 Å². The standard InChI is InChI=1S/C18H19N3O/c1-13(22)16(19-2)11-14-12-21(18-9-5-6-10-20-18)17-8-4-3-7-15(14)17/h3-10,12,16,19H,11H2,1-2H3/t16-/m0/s1. The van der Waals surface area contributed by atoms with Gasteiger partial charge in [0.25, 0.3) is 0 Å². The molecule has 0 amide bonds. The maximum Gasteiger partial charge on any atom is 0.147 e. The van der Waals surface area contributed by atoms with E-state index in [9.17, 15) is 4.79 Å². The molecule has 4 nitrogen and oxygen atoms in total. The summed E-state index contributed by atoms with van der Waals surface area (Å²) >= 11 is 0. The molecule has 0 fully saturated rings. The Kier molecular flexibility index (Phi) is 4.02. The van der Waals surface area contributed by atoms with Crippen molar-refractivity contribution >= 4 is 16.7 Å². The van der Waals surface area contributed by atoms with Crippen molar-refractivity contribution < 1.29 is 4.79 Å². The van der Waals surface area contributed by atoms with Crippen LogP contribution < -0.4 is 5.32 Å². The predicted molar refractivity (Wildman–Crippen MR) is 88.3 cm³/mol. The molecule has 0 aliphatic rings. The maximum atomic E-state index is 11.7. The number of carbonyl (C=O) groups excluding carboxylic acids is 1. The molecule has 0 aliphatic carbocycles. The monoisotopic (exact) mass is 293 g/mol. The number of nitrogens with zero attached hydrogens (tertiary/aromatic N) is 2. The lowest BCUT2D eigenvalue weighted by Crippen LogP contribution is -2.34. The van der Waals surface area contributed by atoms with E-state index in [1.165, 1.54) is 0 Å². The van der Waals surface area contributed by atoms with Crippen LogP contribution in [0.15, 0.2) is 54.9 Å².